The molecule has 0 aliphatic heterocycles. The molecule has 18 heavy (non-hydrogen) atoms. The first-order valence-electron chi connectivity index (χ1n) is 6.95. The number of hydrogen-bond donors (Lipinski definition) is 0. The largest absolute Gasteiger partial charge is 0.492 e. The van der Waals surface area contributed by atoms with Gasteiger partial charge in [-0.25, -0.2) is 0 Å². The van der Waals surface area contributed by atoms with Crippen LogP contribution in [-0.2, 0) is 6.42 Å². The first-order valence-corrected chi connectivity index (χ1v) is 6.95. The molecule has 0 heterocycles. The summed E-state index contributed by atoms with van der Waals surface area (Å²) in [5, 5.41) is 0. The zero-order valence-corrected chi connectivity index (χ0v) is 11.6. The summed E-state index contributed by atoms with van der Waals surface area (Å²) in [5.41, 5.74) is 1.01. The smallest absolute Gasteiger partial charge is 0.220 e. The minimum atomic E-state index is -0.0246. The Morgan fingerprint density at radius 2 is 1.67 bits per heavy atom. The Hall–Kier alpha value is -1.31. The molecule has 0 aliphatic rings. The normalized spacial score (nSPS) is 10.3. The SMILES string of the molecule is CCCCCCCCc1ccccc(=O)c1OC. The van der Waals surface area contributed by atoms with E-state index < -0.39 is 0 Å². The third kappa shape index (κ3) is 4.91. The number of ether oxygens (including phenoxy) is 1. The Labute approximate surface area is 110 Å². The summed E-state index contributed by atoms with van der Waals surface area (Å²) in [6, 6.07) is 7.24. The molecule has 0 radical (unpaired) electrons. The zero-order valence-electron chi connectivity index (χ0n) is 11.6. The highest BCUT2D eigenvalue weighted by atomic mass is 16.5. The van der Waals surface area contributed by atoms with E-state index >= 15 is 0 Å². The standard InChI is InChI=1S/C16H24O2/c1-3-4-5-6-7-8-11-14-12-9-10-13-15(17)16(14)18-2/h9-10,12-13H,3-8,11H2,1-2H3. The van der Waals surface area contributed by atoms with Gasteiger partial charge in [0, 0.05) is 0 Å². The van der Waals surface area contributed by atoms with Gasteiger partial charge in [0.05, 0.1) is 7.11 Å². The summed E-state index contributed by atoms with van der Waals surface area (Å²) in [6.45, 7) is 2.23. The second kappa shape index (κ2) is 8.73. The summed E-state index contributed by atoms with van der Waals surface area (Å²) in [7, 11) is 1.57. The number of rotatable bonds is 8. The van der Waals surface area contributed by atoms with Gasteiger partial charge in [0.25, 0.3) is 0 Å². The Morgan fingerprint density at radius 1 is 1.00 bits per heavy atom. The zero-order chi connectivity index (χ0) is 13.2. The van der Waals surface area contributed by atoms with Crippen molar-refractivity contribution in [2.75, 3.05) is 7.11 Å². The lowest BCUT2D eigenvalue weighted by Gasteiger charge is -2.04. The molecule has 0 saturated heterocycles. The highest BCUT2D eigenvalue weighted by Crippen LogP contribution is 2.15. The minimum absolute atomic E-state index is 0.0246. The summed E-state index contributed by atoms with van der Waals surface area (Å²) in [6.07, 6.45) is 8.51. The van der Waals surface area contributed by atoms with E-state index in [1.807, 2.05) is 12.1 Å². The van der Waals surface area contributed by atoms with Gasteiger partial charge >= 0.3 is 0 Å². The molecular weight excluding hydrogens is 224 g/mol. The van der Waals surface area contributed by atoms with E-state index in [-0.39, 0.29) is 5.43 Å². The molecule has 0 atom stereocenters. The van der Waals surface area contributed by atoms with Gasteiger partial charge in [0.2, 0.25) is 5.43 Å². The Balaban J connectivity index is 2.50. The highest BCUT2D eigenvalue weighted by Gasteiger charge is 2.04. The first kappa shape index (κ1) is 14.7. The van der Waals surface area contributed by atoms with Crippen LogP contribution in [0.2, 0.25) is 0 Å². The van der Waals surface area contributed by atoms with Crippen molar-refractivity contribution in [3.8, 4) is 5.75 Å². The maximum atomic E-state index is 11.7. The molecule has 1 aromatic carbocycles. The average Bonchev–Trinajstić information content (AvgIpc) is 2.55. The summed E-state index contributed by atoms with van der Waals surface area (Å²) >= 11 is 0. The van der Waals surface area contributed by atoms with Gasteiger partial charge in [-0.15, -0.1) is 0 Å². The molecule has 0 amide bonds. The van der Waals surface area contributed by atoms with Crippen LogP contribution in [0.25, 0.3) is 0 Å². The molecular formula is C16H24O2. The number of unbranched alkanes of at least 4 members (excludes halogenated alkanes) is 5. The van der Waals surface area contributed by atoms with Crippen LogP contribution in [-0.4, -0.2) is 7.11 Å². The highest BCUT2D eigenvalue weighted by molar-refractivity contribution is 5.32. The van der Waals surface area contributed by atoms with Crippen molar-refractivity contribution in [3.05, 3.63) is 40.1 Å². The van der Waals surface area contributed by atoms with Gasteiger partial charge in [0.1, 0.15) is 0 Å². The summed E-state index contributed by atoms with van der Waals surface area (Å²) < 4.78 is 5.22. The van der Waals surface area contributed by atoms with Gasteiger partial charge in [-0.3, -0.25) is 4.79 Å². The lowest BCUT2D eigenvalue weighted by atomic mass is 10.1. The molecule has 0 unspecified atom stereocenters. The van der Waals surface area contributed by atoms with Crippen LogP contribution in [0.1, 0.15) is 51.0 Å². The number of hydrogen-bond acceptors (Lipinski definition) is 2. The van der Waals surface area contributed by atoms with Gasteiger partial charge in [-0.2, -0.15) is 0 Å². The lowest BCUT2D eigenvalue weighted by Crippen LogP contribution is -2.03. The molecule has 0 bridgehead atoms. The van der Waals surface area contributed by atoms with E-state index in [0.717, 1.165) is 18.4 Å². The van der Waals surface area contributed by atoms with Crippen LogP contribution >= 0.6 is 0 Å². The fourth-order valence-electron chi connectivity index (χ4n) is 2.15. The fourth-order valence-corrected chi connectivity index (χ4v) is 2.15. The fraction of sp³-hybridized carbons (Fsp3) is 0.562. The van der Waals surface area contributed by atoms with Crippen molar-refractivity contribution >= 4 is 0 Å². The summed E-state index contributed by atoms with van der Waals surface area (Å²) in [4.78, 5) is 11.7. The van der Waals surface area contributed by atoms with Crippen molar-refractivity contribution in [2.45, 2.75) is 51.9 Å². The first-order chi connectivity index (χ1) is 8.79. The predicted molar refractivity (Wildman–Crippen MR) is 76.3 cm³/mol. The second-order valence-electron chi connectivity index (χ2n) is 4.66. The van der Waals surface area contributed by atoms with Crippen molar-refractivity contribution in [2.24, 2.45) is 0 Å². The molecule has 0 fully saturated rings. The van der Waals surface area contributed by atoms with Gasteiger partial charge in [-0.05, 0) is 24.5 Å². The number of methoxy groups -OCH3 is 1. The molecule has 1 rings (SSSR count). The monoisotopic (exact) mass is 248 g/mol. The van der Waals surface area contributed by atoms with Crippen molar-refractivity contribution in [1.29, 1.82) is 0 Å². The molecule has 0 aromatic heterocycles. The van der Waals surface area contributed by atoms with Gasteiger partial charge in [-0.1, -0.05) is 57.2 Å². The van der Waals surface area contributed by atoms with E-state index in [4.69, 9.17) is 4.74 Å². The van der Waals surface area contributed by atoms with Crippen molar-refractivity contribution in [3.63, 3.8) is 0 Å². The second-order valence-corrected chi connectivity index (χ2v) is 4.66. The van der Waals surface area contributed by atoms with Crippen molar-refractivity contribution < 1.29 is 4.74 Å². The summed E-state index contributed by atoms with van der Waals surface area (Å²) in [5.74, 6) is 0.508. The maximum Gasteiger partial charge on any atom is 0.220 e. The lowest BCUT2D eigenvalue weighted by molar-refractivity contribution is 0.405. The average molecular weight is 248 g/mol. The van der Waals surface area contributed by atoms with Crippen LogP contribution in [0.3, 0.4) is 0 Å². The Kier molecular flexibility index (Phi) is 7.16. The number of aryl methyl sites for hydroxylation is 1. The van der Waals surface area contributed by atoms with Crippen LogP contribution in [0.15, 0.2) is 29.1 Å². The molecule has 0 N–H and O–H groups in total. The molecule has 1 aromatic rings. The Morgan fingerprint density at radius 3 is 2.39 bits per heavy atom. The molecule has 2 heteroatoms. The van der Waals surface area contributed by atoms with E-state index in [1.54, 1.807) is 19.2 Å². The topological polar surface area (TPSA) is 26.3 Å². The van der Waals surface area contributed by atoms with Crippen LogP contribution in [0, 0.1) is 0 Å². The maximum absolute atomic E-state index is 11.7. The van der Waals surface area contributed by atoms with Crippen molar-refractivity contribution in [1.82, 2.24) is 0 Å². The van der Waals surface area contributed by atoms with E-state index in [9.17, 15) is 4.79 Å². The third-order valence-corrected chi connectivity index (χ3v) is 3.18. The van der Waals surface area contributed by atoms with E-state index in [1.165, 1.54) is 32.1 Å². The van der Waals surface area contributed by atoms with Crippen LogP contribution in [0.5, 0.6) is 5.75 Å². The van der Waals surface area contributed by atoms with Gasteiger partial charge < -0.3 is 4.74 Å². The van der Waals surface area contributed by atoms with E-state index in [0.29, 0.717) is 5.75 Å². The molecule has 0 spiro atoms. The molecule has 2 nitrogen and oxygen atoms in total. The van der Waals surface area contributed by atoms with Crippen LogP contribution < -0.4 is 10.2 Å². The predicted octanol–water partition coefficient (Wildman–Crippen LogP) is 3.96. The molecule has 100 valence electrons. The molecule has 0 saturated carbocycles. The molecule has 0 aliphatic carbocycles. The van der Waals surface area contributed by atoms with Gasteiger partial charge in [0.15, 0.2) is 5.75 Å². The van der Waals surface area contributed by atoms with Crippen LogP contribution in [0.4, 0.5) is 0 Å². The minimum Gasteiger partial charge on any atom is -0.492 e. The third-order valence-electron chi connectivity index (χ3n) is 3.18. The quantitative estimate of drug-likeness (QED) is 0.651. The van der Waals surface area contributed by atoms with E-state index in [2.05, 4.69) is 6.92 Å². The Bertz CT molecular complexity index is 399.